The van der Waals surface area contributed by atoms with E-state index in [2.05, 4.69) is 15.3 Å². The van der Waals surface area contributed by atoms with Crippen molar-refractivity contribution in [2.75, 3.05) is 5.73 Å². The van der Waals surface area contributed by atoms with E-state index in [1.807, 2.05) is 45.0 Å². The van der Waals surface area contributed by atoms with E-state index in [0.717, 1.165) is 26.9 Å². The van der Waals surface area contributed by atoms with Gasteiger partial charge in [0.1, 0.15) is 5.60 Å². The Kier molecular flexibility index (Phi) is 4.59. The van der Waals surface area contributed by atoms with Gasteiger partial charge in [0.2, 0.25) is 0 Å². The Morgan fingerprint density at radius 1 is 1.24 bits per heavy atom. The Bertz CT molecular complexity index is 915. The summed E-state index contributed by atoms with van der Waals surface area (Å²) in [4.78, 5) is 20.3. The standard InChI is InChI=1S/C18H20N4O2S/c1-18(2,3)24-17(23)21-9-11-6-13(10-20-8-11)12-4-5-14-15(7-12)25-16(19)22-14/h4-8,10H,9H2,1-3H3,(H2,19,22)(H,21,23). The summed E-state index contributed by atoms with van der Waals surface area (Å²) in [6.45, 7) is 5.84. The smallest absolute Gasteiger partial charge is 0.407 e. The lowest BCUT2D eigenvalue weighted by atomic mass is 10.1. The molecular weight excluding hydrogens is 336 g/mol. The average Bonchev–Trinajstić information content (AvgIpc) is 2.90. The molecule has 3 N–H and O–H groups in total. The zero-order valence-corrected chi connectivity index (χ0v) is 15.2. The van der Waals surface area contributed by atoms with Crippen LogP contribution in [0.25, 0.3) is 21.3 Å². The largest absolute Gasteiger partial charge is 0.444 e. The Morgan fingerprint density at radius 3 is 2.80 bits per heavy atom. The number of alkyl carbamates (subject to hydrolysis) is 1. The number of amides is 1. The van der Waals surface area contributed by atoms with Crippen molar-refractivity contribution in [1.29, 1.82) is 0 Å². The molecule has 2 heterocycles. The number of thiazole rings is 1. The van der Waals surface area contributed by atoms with Gasteiger partial charge >= 0.3 is 6.09 Å². The number of nitrogens with two attached hydrogens (primary N) is 1. The number of nitrogens with one attached hydrogen (secondary N) is 1. The molecule has 0 aliphatic rings. The average molecular weight is 356 g/mol. The number of nitrogen functional groups attached to an aromatic ring is 1. The maximum absolute atomic E-state index is 11.8. The number of rotatable bonds is 3. The van der Waals surface area contributed by atoms with Gasteiger partial charge < -0.3 is 15.8 Å². The summed E-state index contributed by atoms with van der Waals surface area (Å²) >= 11 is 1.46. The first-order chi connectivity index (χ1) is 11.8. The van der Waals surface area contributed by atoms with E-state index >= 15 is 0 Å². The highest BCUT2D eigenvalue weighted by atomic mass is 32.1. The summed E-state index contributed by atoms with van der Waals surface area (Å²) in [5.74, 6) is 0. The van der Waals surface area contributed by atoms with E-state index in [9.17, 15) is 4.79 Å². The second-order valence-electron chi connectivity index (χ2n) is 6.67. The fourth-order valence-corrected chi connectivity index (χ4v) is 3.13. The molecule has 0 unspecified atom stereocenters. The van der Waals surface area contributed by atoms with Crippen molar-refractivity contribution in [2.45, 2.75) is 32.9 Å². The van der Waals surface area contributed by atoms with Gasteiger partial charge in [-0.05, 0) is 50.1 Å². The number of carbonyl (C=O) groups excluding carboxylic acids is 1. The van der Waals surface area contributed by atoms with Crippen LogP contribution >= 0.6 is 11.3 Å². The van der Waals surface area contributed by atoms with Crippen LogP contribution in [0.4, 0.5) is 9.93 Å². The molecule has 0 aliphatic heterocycles. The summed E-state index contributed by atoms with van der Waals surface area (Å²) in [6, 6.07) is 7.98. The van der Waals surface area contributed by atoms with Crippen LogP contribution in [0.2, 0.25) is 0 Å². The van der Waals surface area contributed by atoms with Crippen molar-refractivity contribution < 1.29 is 9.53 Å². The van der Waals surface area contributed by atoms with Crippen molar-refractivity contribution >= 4 is 32.8 Å². The Morgan fingerprint density at radius 2 is 2.04 bits per heavy atom. The second-order valence-corrected chi connectivity index (χ2v) is 7.73. The molecule has 25 heavy (non-hydrogen) atoms. The molecule has 3 rings (SSSR count). The van der Waals surface area contributed by atoms with E-state index in [1.54, 1.807) is 12.4 Å². The lowest BCUT2D eigenvalue weighted by Crippen LogP contribution is -2.32. The first-order valence-corrected chi connectivity index (χ1v) is 8.69. The van der Waals surface area contributed by atoms with Gasteiger partial charge in [0, 0.05) is 24.5 Å². The van der Waals surface area contributed by atoms with E-state index in [-0.39, 0.29) is 0 Å². The highest BCUT2D eigenvalue weighted by Crippen LogP contribution is 2.29. The SMILES string of the molecule is CC(C)(C)OC(=O)NCc1cncc(-c2ccc3nc(N)sc3c2)c1. The molecular formula is C18H20N4O2S. The molecule has 3 aromatic rings. The topological polar surface area (TPSA) is 90.1 Å². The summed E-state index contributed by atoms with van der Waals surface area (Å²) in [5, 5.41) is 3.30. The third-order valence-corrected chi connectivity index (χ3v) is 4.22. The molecule has 0 saturated heterocycles. The van der Waals surface area contributed by atoms with Crippen LogP contribution in [0, 0.1) is 0 Å². The third kappa shape index (κ3) is 4.45. The maximum Gasteiger partial charge on any atom is 0.407 e. The van der Waals surface area contributed by atoms with Crippen LogP contribution in [0.15, 0.2) is 36.7 Å². The van der Waals surface area contributed by atoms with Crippen LogP contribution in [-0.2, 0) is 11.3 Å². The Hall–Kier alpha value is -2.67. The number of benzene rings is 1. The highest BCUT2D eigenvalue weighted by molar-refractivity contribution is 7.22. The van der Waals surface area contributed by atoms with Gasteiger partial charge in [-0.15, -0.1) is 0 Å². The van der Waals surface area contributed by atoms with Gasteiger partial charge in [-0.1, -0.05) is 17.4 Å². The van der Waals surface area contributed by atoms with Crippen molar-refractivity contribution in [3.05, 3.63) is 42.2 Å². The first-order valence-electron chi connectivity index (χ1n) is 7.87. The van der Waals surface area contributed by atoms with E-state index < -0.39 is 11.7 Å². The minimum absolute atomic E-state index is 0.353. The zero-order valence-electron chi connectivity index (χ0n) is 14.4. The fraction of sp³-hybridized carbons (Fsp3) is 0.278. The first kappa shape index (κ1) is 17.2. The molecule has 6 nitrogen and oxygen atoms in total. The number of carbonyl (C=O) groups is 1. The molecule has 1 amide bonds. The number of hydrogen-bond acceptors (Lipinski definition) is 6. The summed E-state index contributed by atoms with van der Waals surface area (Å²) in [7, 11) is 0. The van der Waals surface area contributed by atoms with Crippen molar-refractivity contribution in [2.24, 2.45) is 0 Å². The Labute approximate surface area is 150 Å². The minimum atomic E-state index is -0.518. The molecule has 0 spiro atoms. The van der Waals surface area contributed by atoms with Crippen LogP contribution in [0.1, 0.15) is 26.3 Å². The van der Waals surface area contributed by atoms with E-state index in [1.165, 1.54) is 11.3 Å². The Balaban J connectivity index is 1.75. The van der Waals surface area contributed by atoms with Crippen LogP contribution in [-0.4, -0.2) is 21.7 Å². The van der Waals surface area contributed by atoms with Crippen LogP contribution < -0.4 is 11.1 Å². The lowest BCUT2D eigenvalue weighted by Gasteiger charge is -2.19. The zero-order chi connectivity index (χ0) is 18.0. The molecule has 130 valence electrons. The predicted molar refractivity (Wildman–Crippen MR) is 100 cm³/mol. The molecule has 7 heteroatoms. The molecule has 0 aliphatic carbocycles. The van der Waals surface area contributed by atoms with Crippen LogP contribution in [0.5, 0.6) is 0 Å². The van der Waals surface area contributed by atoms with Gasteiger partial charge in [0.15, 0.2) is 5.13 Å². The monoisotopic (exact) mass is 356 g/mol. The van der Waals surface area contributed by atoms with Crippen LogP contribution in [0.3, 0.4) is 0 Å². The third-order valence-electron chi connectivity index (χ3n) is 3.37. The predicted octanol–water partition coefficient (Wildman–Crippen LogP) is 3.97. The molecule has 0 atom stereocenters. The quantitative estimate of drug-likeness (QED) is 0.741. The molecule has 0 saturated carbocycles. The van der Waals surface area contributed by atoms with E-state index in [0.29, 0.717) is 11.7 Å². The normalized spacial score (nSPS) is 11.5. The fourth-order valence-electron chi connectivity index (χ4n) is 2.35. The van der Waals surface area contributed by atoms with Gasteiger partial charge in [0.05, 0.1) is 10.2 Å². The maximum atomic E-state index is 11.8. The van der Waals surface area contributed by atoms with E-state index in [4.69, 9.17) is 10.5 Å². The molecule has 0 fully saturated rings. The molecule has 0 radical (unpaired) electrons. The molecule has 1 aromatic carbocycles. The molecule has 2 aromatic heterocycles. The minimum Gasteiger partial charge on any atom is -0.444 e. The highest BCUT2D eigenvalue weighted by Gasteiger charge is 2.15. The number of fused-ring (bicyclic) bond motifs is 1. The van der Waals surface area contributed by atoms with Crippen molar-refractivity contribution in [3.63, 3.8) is 0 Å². The van der Waals surface area contributed by atoms with Crippen molar-refractivity contribution in [1.82, 2.24) is 15.3 Å². The van der Waals surface area contributed by atoms with Gasteiger partial charge in [-0.2, -0.15) is 0 Å². The van der Waals surface area contributed by atoms with Gasteiger partial charge in [-0.25, -0.2) is 9.78 Å². The molecule has 0 bridgehead atoms. The second kappa shape index (κ2) is 6.68. The number of aromatic nitrogens is 2. The summed E-state index contributed by atoms with van der Waals surface area (Å²) in [5.41, 5.74) is 9.03. The number of anilines is 1. The number of pyridine rings is 1. The van der Waals surface area contributed by atoms with Gasteiger partial charge in [0.25, 0.3) is 0 Å². The van der Waals surface area contributed by atoms with Gasteiger partial charge in [-0.3, -0.25) is 4.98 Å². The summed E-state index contributed by atoms with van der Waals surface area (Å²) < 4.78 is 6.27. The number of nitrogens with zero attached hydrogens (tertiary/aromatic N) is 2. The number of hydrogen-bond donors (Lipinski definition) is 2. The lowest BCUT2D eigenvalue weighted by molar-refractivity contribution is 0.0523. The summed E-state index contributed by atoms with van der Waals surface area (Å²) in [6.07, 6.45) is 3.08. The van der Waals surface area contributed by atoms with Crippen molar-refractivity contribution in [3.8, 4) is 11.1 Å². The number of ether oxygens (including phenoxy) is 1.